The molecule has 6 nitrogen and oxygen atoms in total. The van der Waals surface area contributed by atoms with Gasteiger partial charge in [0.15, 0.2) is 0 Å². The van der Waals surface area contributed by atoms with Gasteiger partial charge >= 0.3 is 5.97 Å². The molecular formula is C19H28N2O4. The van der Waals surface area contributed by atoms with Gasteiger partial charge in [-0.05, 0) is 76.0 Å². The number of aliphatic carboxylic acids is 1. The average Bonchev–Trinajstić information content (AvgIpc) is 3.02. The van der Waals surface area contributed by atoms with Crippen molar-refractivity contribution in [3.8, 4) is 0 Å². The molecule has 138 valence electrons. The predicted molar refractivity (Wildman–Crippen MR) is 90.6 cm³/mol. The molecular weight excluding hydrogens is 320 g/mol. The molecule has 25 heavy (non-hydrogen) atoms. The minimum Gasteiger partial charge on any atom is -0.480 e. The second-order valence-corrected chi connectivity index (χ2v) is 8.92. The van der Waals surface area contributed by atoms with Crippen LogP contribution in [0, 0.1) is 23.2 Å². The van der Waals surface area contributed by atoms with E-state index < -0.39 is 18.1 Å². The Morgan fingerprint density at radius 3 is 2.16 bits per heavy atom. The average molecular weight is 348 g/mol. The molecule has 5 aliphatic rings. The second kappa shape index (κ2) is 5.99. The SMILES string of the molecule is C[C@H](NC(=O)C12CC3CC(CC(C3)C1)C2)C(=O)N1CCC[C@H]1C(=O)O. The van der Waals surface area contributed by atoms with Crippen LogP contribution >= 0.6 is 0 Å². The molecule has 2 N–H and O–H groups in total. The minimum atomic E-state index is -0.953. The lowest BCUT2D eigenvalue weighted by atomic mass is 9.49. The predicted octanol–water partition coefficient (Wildman–Crippen LogP) is 1.78. The molecule has 0 aromatic carbocycles. The number of carboxylic acids is 1. The van der Waals surface area contributed by atoms with Gasteiger partial charge in [0.05, 0.1) is 0 Å². The maximum Gasteiger partial charge on any atom is 0.326 e. The molecule has 1 saturated heterocycles. The van der Waals surface area contributed by atoms with Crippen LogP contribution in [-0.4, -0.2) is 46.4 Å². The van der Waals surface area contributed by atoms with E-state index in [-0.39, 0.29) is 17.2 Å². The maximum absolute atomic E-state index is 13.0. The summed E-state index contributed by atoms with van der Waals surface area (Å²) in [7, 11) is 0. The van der Waals surface area contributed by atoms with Crippen LogP contribution in [0.3, 0.4) is 0 Å². The lowest BCUT2D eigenvalue weighted by molar-refractivity contribution is -0.152. The molecule has 4 bridgehead atoms. The molecule has 6 heteroatoms. The molecule has 2 amide bonds. The van der Waals surface area contributed by atoms with Crippen molar-refractivity contribution in [1.29, 1.82) is 0 Å². The van der Waals surface area contributed by atoms with Crippen LogP contribution in [0.15, 0.2) is 0 Å². The van der Waals surface area contributed by atoms with Gasteiger partial charge in [0.1, 0.15) is 12.1 Å². The van der Waals surface area contributed by atoms with Crippen molar-refractivity contribution in [2.45, 2.75) is 70.4 Å². The number of hydrogen-bond acceptors (Lipinski definition) is 3. The van der Waals surface area contributed by atoms with Gasteiger partial charge in [-0.15, -0.1) is 0 Å². The Morgan fingerprint density at radius 2 is 1.64 bits per heavy atom. The van der Waals surface area contributed by atoms with E-state index in [0.717, 1.165) is 19.3 Å². The first-order valence-electron chi connectivity index (χ1n) is 9.72. The van der Waals surface area contributed by atoms with Gasteiger partial charge < -0.3 is 15.3 Å². The van der Waals surface area contributed by atoms with E-state index in [4.69, 9.17) is 0 Å². The molecule has 4 saturated carbocycles. The van der Waals surface area contributed by atoms with Gasteiger partial charge in [-0.3, -0.25) is 9.59 Å². The van der Waals surface area contributed by atoms with Crippen molar-refractivity contribution in [3.05, 3.63) is 0 Å². The van der Waals surface area contributed by atoms with Crippen molar-refractivity contribution in [2.75, 3.05) is 6.54 Å². The van der Waals surface area contributed by atoms with Crippen LogP contribution in [-0.2, 0) is 14.4 Å². The third kappa shape index (κ3) is 2.83. The Morgan fingerprint density at radius 1 is 1.08 bits per heavy atom. The molecule has 5 fully saturated rings. The van der Waals surface area contributed by atoms with Crippen molar-refractivity contribution >= 4 is 17.8 Å². The Hall–Kier alpha value is -1.59. The summed E-state index contributed by atoms with van der Waals surface area (Å²) in [5.41, 5.74) is -0.277. The van der Waals surface area contributed by atoms with E-state index >= 15 is 0 Å². The number of nitrogens with one attached hydrogen (secondary N) is 1. The first-order valence-corrected chi connectivity index (χ1v) is 9.72. The van der Waals surface area contributed by atoms with Crippen LogP contribution in [0.5, 0.6) is 0 Å². The zero-order valence-corrected chi connectivity index (χ0v) is 14.9. The molecule has 0 spiro atoms. The van der Waals surface area contributed by atoms with Gasteiger partial charge in [-0.2, -0.15) is 0 Å². The van der Waals surface area contributed by atoms with Crippen LogP contribution in [0.25, 0.3) is 0 Å². The van der Waals surface area contributed by atoms with Gasteiger partial charge in [-0.1, -0.05) is 0 Å². The van der Waals surface area contributed by atoms with Crippen molar-refractivity contribution in [1.82, 2.24) is 10.2 Å². The summed E-state index contributed by atoms with van der Waals surface area (Å²) in [6, 6.07) is -1.40. The van der Waals surface area contributed by atoms with Gasteiger partial charge in [0.25, 0.3) is 0 Å². The summed E-state index contributed by atoms with van der Waals surface area (Å²) in [4.78, 5) is 38.4. The number of amides is 2. The highest BCUT2D eigenvalue weighted by molar-refractivity contribution is 5.92. The van der Waals surface area contributed by atoms with Crippen LogP contribution in [0.1, 0.15) is 58.3 Å². The summed E-state index contributed by atoms with van der Waals surface area (Å²) < 4.78 is 0. The fourth-order valence-electron chi connectivity index (χ4n) is 6.34. The largest absolute Gasteiger partial charge is 0.480 e. The zero-order valence-electron chi connectivity index (χ0n) is 14.9. The molecule has 1 aliphatic heterocycles. The second-order valence-electron chi connectivity index (χ2n) is 8.92. The number of rotatable bonds is 4. The Balaban J connectivity index is 1.42. The minimum absolute atomic E-state index is 0.0264. The van der Waals surface area contributed by atoms with E-state index in [1.165, 1.54) is 24.2 Å². The smallest absolute Gasteiger partial charge is 0.326 e. The third-order valence-electron chi connectivity index (χ3n) is 7.06. The normalized spacial score (nSPS) is 40.1. The zero-order chi connectivity index (χ0) is 17.8. The molecule has 2 atom stereocenters. The maximum atomic E-state index is 13.0. The fraction of sp³-hybridized carbons (Fsp3) is 0.842. The summed E-state index contributed by atoms with van der Waals surface area (Å²) in [5, 5.41) is 12.2. The highest BCUT2D eigenvalue weighted by Gasteiger charge is 2.55. The van der Waals surface area contributed by atoms with E-state index in [1.807, 2.05) is 0 Å². The number of nitrogens with zero attached hydrogens (tertiary/aromatic N) is 1. The molecule has 1 heterocycles. The molecule has 4 aliphatic carbocycles. The lowest BCUT2D eigenvalue weighted by Gasteiger charge is -2.55. The Labute approximate surface area is 148 Å². The van der Waals surface area contributed by atoms with E-state index in [2.05, 4.69) is 5.32 Å². The molecule has 5 rings (SSSR count). The fourth-order valence-corrected chi connectivity index (χ4v) is 6.34. The lowest BCUT2D eigenvalue weighted by Crippen LogP contribution is -2.57. The van der Waals surface area contributed by atoms with Gasteiger partial charge in [0.2, 0.25) is 11.8 Å². The van der Waals surface area contributed by atoms with Crippen molar-refractivity contribution < 1.29 is 19.5 Å². The number of carboxylic acid groups (broad SMARTS) is 1. The van der Waals surface area contributed by atoms with Crippen LogP contribution in [0.2, 0.25) is 0 Å². The van der Waals surface area contributed by atoms with Crippen molar-refractivity contribution in [3.63, 3.8) is 0 Å². The summed E-state index contributed by atoms with van der Waals surface area (Å²) in [6.07, 6.45) is 7.92. The molecule has 0 radical (unpaired) electrons. The van der Waals surface area contributed by atoms with Crippen LogP contribution in [0.4, 0.5) is 0 Å². The number of carbonyl (C=O) groups is 3. The van der Waals surface area contributed by atoms with Gasteiger partial charge in [0, 0.05) is 12.0 Å². The first-order chi connectivity index (χ1) is 11.9. The summed E-state index contributed by atoms with van der Waals surface area (Å²) in [5.74, 6) is 0.848. The monoisotopic (exact) mass is 348 g/mol. The van der Waals surface area contributed by atoms with E-state index in [1.54, 1.807) is 6.92 Å². The molecule has 0 aromatic rings. The first kappa shape index (κ1) is 16.9. The molecule has 0 unspecified atom stereocenters. The summed E-state index contributed by atoms with van der Waals surface area (Å²) >= 11 is 0. The van der Waals surface area contributed by atoms with Crippen molar-refractivity contribution in [2.24, 2.45) is 23.2 Å². The third-order valence-corrected chi connectivity index (χ3v) is 7.06. The number of carbonyl (C=O) groups excluding carboxylic acids is 2. The Kier molecular flexibility index (Phi) is 4.04. The highest BCUT2D eigenvalue weighted by Crippen LogP contribution is 2.60. The number of hydrogen-bond donors (Lipinski definition) is 2. The standard InChI is InChI=1S/C19H28N2O4/c1-11(16(22)21-4-2-3-15(21)17(23)24)20-18(25)19-8-12-5-13(9-19)7-14(6-12)10-19/h11-15H,2-10H2,1H3,(H,20,25)(H,23,24)/t11-,12?,13?,14?,15-,19?/m0/s1. The summed E-state index contributed by atoms with van der Waals surface area (Å²) in [6.45, 7) is 2.16. The van der Waals surface area contributed by atoms with Crippen LogP contribution < -0.4 is 5.32 Å². The van der Waals surface area contributed by atoms with E-state index in [9.17, 15) is 19.5 Å². The van der Waals surface area contributed by atoms with Gasteiger partial charge in [-0.25, -0.2) is 4.79 Å². The Bertz CT molecular complexity index is 567. The number of likely N-dealkylation sites (tertiary alicyclic amines) is 1. The highest BCUT2D eigenvalue weighted by atomic mass is 16.4. The topological polar surface area (TPSA) is 86.7 Å². The quantitative estimate of drug-likeness (QED) is 0.811. The molecule has 0 aromatic heterocycles. The van der Waals surface area contributed by atoms with E-state index in [0.29, 0.717) is 37.1 Å².